The standard InChI is InChI=1S/C35H39Cl2FN6O4/c1-5-47-32(45)31(30-27-13-22(38)15-42(27)20-39-30)44-16-25-26(36)14-24(28(37)29(25)40-44)21-7-9-23(10-8-21)41-12-6-11-35(17-41)18-43(19-35)33(46)48-34(2,3)4/h7-10,14,16,20,22,31H,5-6,11-13,15,17-19H2,1-4H3. The summed E-state index contributed by atoms with van der Waals surface area (Å²) in [6.07, 6.45) is 4.23. The smallest absolute Gasteiger partial charge is 0.410 e. The number of halogens is 3. The van der Waals surface area contributed by atoms with Crippen LogP contribution in [0.1, 0.15) is 58.0 Å². The van der Waals surface area contributed by atoms with E-state index >= 15 is 0 Å². The van der Waals surface area contributed by atoms with Gasteiger partial charge in [-0.2, -0.15) is 5.10 Å². The van der Waals surface area contributed by atoms with Crippen LogP contribution in [0.3, 0.4) is 0 Å². The molecule has 2 aromatic carbocycles. The van der Waals surface area contributed by atoms with E-state index in [9.17, 15) is 14.0 Å². The molecule has 0 radical (unpaired) electrons. The lowest BCUT2D eigenvalue weighted by Gasteiger charge is -2.54. The van der Waals surface area contributed by atoms with Gasteiger partial charge in [0, 0.05) is 66.5 Å². The Morgan fingerprint density at radius 1 is 1.15 bits per heavy atom. The Balaban J connectivity index is 1.13. The van der Waals surface area contributed by atoms with Gasteiger partial charge >= 0.3 is 12.1 Å². The van der Waals surface area contributed by atoms with Crippen LogP contribution in [0.25, 0.3) is 22.0 Å². The number of anilines is 1. The Morgan fingerprint density at radius 2 is 1.90 bits per heavy atom. The minimum Gasteiger partial charge on any atom is -0.464 e. The third-order valence-electron chi connectivity index (χ3n) is 9.44. The number of imidazole rings is 1. The van der Waals surface area contributed by atoms with Gasteiger partial charge in [-0.05, 0) is 64.3 Å². The monoisotopic (exact) mass is 696 g/mol. The highest BCUT2D eigenvalue weighted by molar-refractivity contribution is 6.42. The summed E-state index contributed by atoms with van der Waals surface area (Å²) in [6, 6.07) is 9.00. The van der Waals surface area contributed by atoms with Gasteiger partial charge in [-0.15, -0.1) is 0 Å². The van der Waals surface area contributed by atoms with Gasteiger partial charge in [-0.1, -0.05) is 35.3 Å². The molecule has 1 amide bonds. The normalized spacial score (nSPS) is 19.4. The number of nitrogens with zero attached hydrogens (tertiary/aromatic N) is 6. The van der Waals surface area contributed by atoms with Crippen molar-refractivity contribution in [2.24, 2.45) is 5.41 Å². The molecule has 2 saturated heterocycles. The number of aromatic nitrogens is 4. The molecule has 4 aromatic rings. The van der Waals surface area contributed by atoms with Crippen LogP contribution < -0.4 is 4.90 Å². The SMILES string of the molecule is CCOC(=O)C(c1ncn2c1CC(F)C2)n1cc2c(Cl)cc(-c3ccc(N4CCCC5(CN(C(=O)OC(C)(C)C)C5)C4)cc3)c(Cl)c2n1. The number of amides is 1. The Hall–Kier alpha value is -3.83. The fraction of sp³-hybridized carbons (Fsp3) is 0.486. The van der Waals surface area contributed by atoms with Crippen LogP contribution in [0.5, 0.6) is 0 Å². The number of alkyl halides is 1. The van der Waals surface area contributed by atoms with Gasteiger partial charge in [0.2, 0.25) is 0 Å². The molecule has 3 aliphatic rings. The number of hydrogen-bond acceptors (Lipinski definition) is 7. The lowest BCUT2D eigenvalue weighted by Crippen LogP contribution is -2.64. The summed E-state index contributed by atoms with van der Waals surface area (Å²) in [7, 11) is 0. The molecule has 2 aromatic heterocycles. The van der Waals surface area contributed by atoms with Crippen LogP contribution in [0.15, 0.2) is 42.9 Å². The lowest BCUT2D eigenvalue weighted by molar-refractivity contribution is -0.146. The highest BCUT2D eigenvalue weighted by atomic mass is 35.5. The highest BCUT2D eigenvalue weighted by Gasteiger charge is 2.48. The van der Waals surface area contributed by atoms with Crippen molar-refractivity contribution in [1.29, 1.82) is 0 Å². The third-order valence-corrected chi connectivity index (χ3v) is 10.1. The fourth-order valence-corrected chi connectivity index (χ4v) is 7.86. The van der Waals surface area contributed by atoms with Crippen LogP contribution in [0.2, 0.25) is 10.0 Å². The molecule has 10 nitrogen and oxygen atoms in total. The second-order valence-corrected chi connectivity index (χ2v) is 15.0. The maximum atomic E-state index is 14.3. The molecule has 0 aliphatic carbocycles. The first-order chi connectivity index (χ1) is 22.8. The fourth-order valence-electron chi connectivity index (χ4n) is 7.31. The maximum Gasteiger partial charge on any atom is 0.410 e. The number of rotatable bonds is 6. The minimum atomic E-state index is -1.04. The Kier molecular flexibility index (Phi) is 8.35. The quantitative estimate of drug-likeness (QED) is 0.199. The van der Waals surface area contributed by atoms with E-state index in [1.54, 1.807) is 28.9 Å². The van der Waals surface area contributed by atoms with E-state index in [2.05, 4.69) is 22.0 Å². The first-order valence-electron chi connectivity index (χ1n) is 16.4. The predicted molar refractivity (Wildman–Crippen MR) is 182 cm³/mol. The molecule has 2 fully saturated rings. The summed E-state index contributed by atoms with van der Waals surface area (Å²) in [5.74, 6) is -0.545. The topological polar surface area (TPSA) is 94.7 Å². The van der Waals surface area contributed by atoms with Crippen molar-refractivity contribution >= 4 is 51.9 Å². The van der Waals surface area contributed by atoms with E-state index in [1.807, 2.05) is 39.0 Å². The molecule has 2 atom stereocenters. The number of fused-ring (bicyclic) bond motifs is 2. The number of carbonyl (C=O) groups excluding carboxylic acids is 2. The highest BCUT2D eigenvalue weighted by Crippen LogP contribution is 2.43. The van der Waals surface area contributed by atoms with Crippen LogP contribution in [-0.4, -0.2) is 80.9 Å². The third kappa shape index (κ3) is 6.00. The molecule has 2 unspecified atom stereocenters. The molecule has 0 saturated carbocycles. The van der Waals surface area contributed by atoms with Crippen molar-refractivity contribution in [1.82, 2.24) is 24.2 Å². The summed E-state index contributed by atoms with van der Waals surface area (Å²) < 4.78 is 28.4. The van der Waals surface area contributed by atoms with Crippen molar-refractivity contribution in [3.8, 4) is 11.1 Å². The van der Waals surface area contributed by atoms with Crippen molar-refractivity contribution in [3.63, 3.8) is 0 Å². The zero-order valence-electron chi connectivity index (χ0n) is 27.5. The van der Waals surface area contributed by atoms with E-state index in [1.165, 1.54) is 4.68 Å². The summed E-state index contributed by atoms with van der Waals surface area (Å²) in [5.41, 5.74) is 3.74. The number of piperidine rings is 1. The summed E-state index contributed by atoms with van der Waals surface area (Å²) >= 11 is 13.8. The van der Waals surface area contributed by atoms with Crippen LogP contribution in [-0.2, 0) is 27.2 Å². The number of benzene rings is 2. The molecule has 7 rings (SSSR count). The zero-order chi connectivity index (χ0) is 34.0. The molecular weight excluding hydrogens is 658 g/mol. The average Bonchev–Trinajstić information content (AvgIpc) is 3.73. The van der Waals surface area contributed by atoms with Gasteiger partial charge < -0.3 is 23.8 Å². The minimum absolute atomic E-state index is 0.0696. The summed E-state index contributed by atoms with van der Waals surface area (Å²) in [5, 5.41) is 6.14. The van der Waals surface area contributed by atoms with Gasteiger partial charge in [-0.25, -0.2) is 19.0 Å². The first kappa shape index (κ1) is 32.7. The van der Waals surface area contributed by atoms with Crippen LogP contribution in [0.4, 0.5) is 14.9 Å². The zero-order valence-corrected chi connectivity index (χ0v) is 29.0. The second kappa shape index (κ2) is 12.2. The van der Waals surface area contributed by atoms with Gasteiger partial charge in [0.25, 0.3) is 0 Å². The van der Waals surface area contributed by atoms with E-state index in [-0.39, 0.29) is 31.1 Å². The van der Waals surface area contributed by atoms with Gasteiger partial charge in [-0.3, -0.25) is 4.68 Å². The molecule has 1 spiro atoms. The first-order valence-corrected chi connectivity index (χ1v) is 17.1. The number of hydrogen-bond donors (Lipinski definition) is 0. The van der Waals surface area contributed by atoms with Crippen LogP contribution in [0, 0.1) is 5.41 Å². The van der Waals surface area contributed by atoms with E-state index in [4.69, 9.17) is 37.8 Å². The van der Waals surface area contributed by atoms with E-state index in [0.29, 0.717) is 51.0 Å². The second-order valence-electron chi connectivity index (χ2n) is 14.2. The van der Waals surface area contributed by atoms with E-state index in [0.717, 1.165) is 37.2 Å². The largest absolute Gasteiger partial charge is 0.464 e. The molecule has 0 bridgehead atoms. The molecule has 13 heteroatoms. The van der Waals surface area contributed by atoms with Gasteiger partial charge in [0.1, 0.15) is 17.3 Å². The summed E-state index contributed by atoms with van der Waals surface area (Å²) in [6.45, 7) is 11.0. The molecule has 48 heavy (non-hydrogen) atoms. The molecular formula is C35H39Cl2FN6O4. The Morgan fingerprint density at radius 3 is 2.60 bits per heavy atom. The number of ether oxygens (including phenoxy) is 2. The van der Waals surface area contributed by atoms with E-state index < -0.39 is 23.8 Å². The maximum absolute atomic E-state index is 14.3. The molecule has 254 valence electrons. The Labute approximate surface area is 288 Å². The van der Waals surface area contributed by atoms with Gasteiger partial charge in [0.05, 0.1) is 35.2 Å². The number of likely N-dealkylation sites (tertiary alicyclic amines) is 1. The molecule has 5 heterocycles. The van der Waals surface area contributed by atoms with Crippen molar-refractivity contribution in [3.05, 3.63) is 64.3 Å². The molecule has 3 aliphatic heterocycles. The molecule has 0 N–H and O–H groups in total. The number of carbonyl (C=O) groups is 2. The number of esters is 1. The predicted octanol–water partition coefficient (Wildman–Crippen LogP) is 7.09. The van der Waals surface area contributed by atoms with Gasteiger partial charge in [0.15, 0.2) is 6.04 Å². The lowest BCUT2D eigenvalue weighted by atomic mass is 9.73. The van der Waals surface area contributed by atoms with Crippen molar-refractivity contribution in [2.45, 2.75) is 71.3 Å². The summed E-state index contributed by atoms with van der Waals surface area (Å²) in [4.78, 5) is 34.5. The van der Waals surface area contributed by atoms with Crippen molar-refractivity contribution < 1.29 is 23.5 Å². The van der Waals surface area contributed by atoms with Crippen LogP contribution >= 0.6 is 23.2 Å². The average molecular weight is 698 g/mol. The Bertz CT molecular complexity index is 1880. The van der Waals surface area contributed by atoms with Crippen molar-refractivity contribution in [2.75, 3.05) is 37.7 Å².